The first-order chi connectivity index (χ1) is 9.63. The fourth-order valence-corrected chi connectivity index (χ4v) is 2.41. The summed E-state index contributed by atoms with van der Waals surface area (Å²) in [6.45, 7) is 3.22. The van der Waals surface area contributed by atoms with Gasteiger partial charge in [-0.05, 0) is 29.7 Å². The zero-order chi connectivity index (χ0) is 14.5. The molecule has 4 heteroatoms. The fraction of sp³-hybridized carbons (Fsp3) is 0.438. The van der Waals surface area contributed by atoms with E-state index in [1.54, 1.807) is 7.11 Å². The van der Waals surface area contributed by atoms with Crippen LogP contribution in [0.5, 0.6) is 5.75 Å². The number of benzene rings is 1. The van der Waals surface area contributed by atoms with E-state index in [1.165, 1.54) is 0 Å². The molecule has 1 aromatic carbocycles. The Morgan fingerprint density at radius 1 is 1.50 bits per heavy atom. The van der Waals surface area contributed by atoms with Crippen LogP contribution in [-0.2, 0) is 11.3 Å². The van der Waals surface area contributed by atoms with Crippen LogP contribution in [0.3, 0.4) is 0 Å². The van der Waals surface area contributed by atoms with E-state index in [-0.39, 0.29) is 12.5 Å². The molecule has 4 nitrogen and oxygen atoms in total. The van der Waals surface area contributed by atoms with Crippen molar-refractivity contribution in [3.8, 4) is 17.6 Å². The summed E-state index contributed by atoms with van der Waals surface area (Å²) in [5.74, 6) is 6.90. The zero-order valence-corrected chi connectivity index (χ0v) is 11.8. The number of likely N-dealkylation sites (tertiary alicyclic amines) is 1. The second-order valence-electron chi connectivity index (χ2n) is 5.07. The molecule has 1 heterocycles. The molecule has 0 saturated carbocycles. The Morgan fingerprint density at radius 3 is 2.90 bits per heavy atom. The van der Waals surface area contributed by atoms with Crippen molar-refractivity contribution in [3.63, 3.8) is 0 Å². The first-order valence-corrected chi connectivity index (χ1v) is 6.68. The van der Waals surface area contributed by atoms with Gasteiger partial charge in [-0.25, -0.2) is 0 Å². The maximum absolute atomic E-state index is 11.9. The predicted octanol–water partition coefficient (Wildman–Crippen LogP) is 1.41. The van der Waals surface area contributed by atoms with E-state index >= 15 is 0 Å². The van der Waals surface area contributed by atoms with Crippen molar-refractivity contribution in [2.45, 2.75) is 19.9 Å². The average Bonchev–Trinajstić information content (AvgIpc) is 2.75. The molecule has 0 spiro atoms. The molecule has 0 aliphatic carbocycles. The number of rotatable bonds is 3. The number of carbonyl (C=O) groups excluding carboxylic acids is 1. The van der Waals surface area contributed by atoms with Crippen molar-refractivity contribution in [1.82, 2.24) is 4.90 Å². The molecule has 0 radical (unpaired) electrons. The minimum Gasteiger partial charge on any atom is -0.497 e. The molecule has 1 amide bonds. The van der Waals surface area contributed by atoms with Crippen LogP contribution >= 0.6 is 0 Å². The number of hydrogen-bond donors (Lipinski definition) is 1. The van der Waals surface area contributed by atoms with Crippen molar-refractivity contribution in [2.24, 2.45) is 5.92 Å². The van der Waals surface area contributed by atoms with Crippen LogP contribution in [0.4, 0.5) is 0 Å². The van der Waals surface area contributed by atoms with Crippen molar-refractivity contribution in [3.05, 3.63) is 29.3 Å². The van der Waals surface area contributed by atoms with Gasteiger partial charge in [0.1, 0.15) is 12.4 Å². The van der Waals surface area contributed by atoms with Crippen LogP contribution in [0.2, 0.25) is 0 Å². The highest BCUT2D eigenvalue weighted by Gasteiger charge is 2.26. The summed E-state index contributed by atoms with van der Waals surface area (Å²) in [5, 5.41) is 8.82. The second-order valence-corrected chi connectivity index (χ2v) is 5.07. The summed E-state index contributed by atoms with van der Waals surface area (Å²) in [7, 11) is 1.61. The summed E-state index contributed by atoms with van der Waals surface area (Å²) in [5.41, 5.74) is 1.78. The third-order valence-corrected chi connectivity index (χ3v) is 3.38. The van der Waals surface area contributed by atoms with Crippen LogP contribution < -0.4 is 4.74 Å². The number of methoxy groups -OCH3 is 1. The lowest BCUT2D eigenvalue weighted by atomic mass is 10.1. The first kappa shape index (κ1) is 14.4. The Labute approximate surface area is 119 Å². The average molecular weight is 273 g/mol. The Balaban J connectivity index is 2.26. The minimum atomic E-state index is -0.175. The first-order valence-electron chi connectivity index (χ1n) is 6.68. The van der Waals surface area contributed by atoms with E-state index in [0.29, 0.717) is 18.9 Å². The highest BCUT2D eigenvalue weighted by Crippen LogP contribution is 2.23. The summed E-state index contributed by atoms with van der Waals surface area (Å²) in [6, 6.07) is 5.60. The minimum absolute atomic E-state index is 0.175. The number of ether oxygens (including phenoxy) is 1. The Kier molecular flexibility index (Phi) is 4.65. The van der Waals surface area contributed by atoms with E-state index in [2.05, 4.69) is 18.8 Å². The molecule has 1 saturated heterocycles. The smallest absolute Gasteiger partial charge is 0.223 e. The topological polar surface area (TPSA) is 49.8 Å². The Morgan fingerprint density at radius 2 is 2.30 bits per heavy atom. The van der Waals surface area contributed by atoms with Gasteiger partial charge in [0.15, 0.2) is 0 Å². The number of amides is 1. The molecule has 1 fully saturated rings. The molecule has 0 bridgehead atoms. The molecule has 1 aromatic rings. The lowest BCUT2D eigenvalue weighted by Gasteiger charge is -2.17. The number of nitrogens with zero attached hydrogens (tertiary/aromatic N) is 1. The lowest BCUT2D eigenvalue weighted by molar-refractivity contribution is -0.128. The van der Waals surface area contributed by atoms with Crippen LogP contribution in [0.25, 0.3) is 0 Å². The largest absolute Gasteiger partial charge is 0.497 e. The van der Waals surface area contributed by atoms with Crippen LogP contribution in [0, 0.1) is 17.8 Å². The molecule has 1 aliphatic heterocycles. The SMILES string of the molecule is COc1ccc(C#CCO)c(CN2CC(C)CC2=O)c1. The van der Waals surface area contributed by atoms with E-state index in [9.17, 15) is 4.79 Å². The molecular formula is C16H19NO3. The quantitative estimate of drug-likeness (QED) is 0.847. The molecule has 20 heavy (non-hydrogen) atoms. The maximum Gasteiger partial charge on any atom is 0.223 e. The lowest BCUT2D eigenvalue weighted by Crippen LogP contribution is -2.24. The van der Waals surface area contributed by atoms with Gasteiger partial charge in [0.2, 0.25) is 5.91 Å². The fourth-order valence-electron chi connectivity index (χ4n) is 2.41. The Hall–Kier alpha value is -1.99. The standard InChI is InChI=1S/C16H19NO3/c1-12-8-16(19)17(10-12)11-14-9-15(20-2)6-5-13(14)4-3-7-18/h5-6,9,12,18H,7-8,10-11H2,1-2H3. The van der Waals surface area contributed by atoms with Gasteiger partial charge in [-0.2, -0.15) is 0 Å². The highest BCUT2D eigenvalue weighted by molar-refractivity contribution is 5.78. The number of aliphatic hydroxyl groups excluding tert-OH is 1. The van der Waals surface area contributed by atoms with Gasteiger partial charge in [0, 0.05) is 25.1 Å². The molecule has 1 atom stereocenters. The highest BCUT2D eigenvalue weighted by atomic mass is 16.5. The summed E-state index contributed by atoms with van der Waals surface area (Å²) < 4.78 is 5.23. The molecule has 2 rings (SSSR count). The molecule has 1 unspecified atom stereocenters. The van der Waals surface area contributed by atoms with E-state index < -0.39 is 0 Å². The molecular weight excluding hydrogens is 254 g/mol. The number of aliphatic hydroxyl groups is 1. The summed E-state index contributed by atoms with van der Waals surface area (Å²) in [4.78, 5) is 13.7. The van der Waals surface area contributed by atoms with Crippen molar-refractivity contribution in [2.75, 3.05) is 20.3 Å². The third-order valence-electron chi connectivity index (χ3n) is 3.38. The van der Waals surface area contributed by atoms with Crippen molar-refractivity contribution in [1.29, 1.82) is 0 Å². The van der Waals surface area contributed by atoms with Crippen molar-refractivity contribution >= 4 is 5.91 Å². The molecule has 106 valence electrons. The number of hydrogen-bond acceptors (Lipinski definition) is 3. The van der Waals surface area contributed by atoms with Gasteiger partial charge < -0.3 is 14.7 Å². The van der Waals surface area contributed by atoms with Crippen LogP contribution in [0.1, 0.15) is 24.5 Å². The van der Waals surface area contributed by atoms with Gasteiger partial charge in [-0.15, -0.1) is 0 Å². The van der Waals surface area contributed by atoms with Gasteiger partial charge in [-0.1, -0.05) is 18.8 Å². The Bertz CT molecular complexity index is 557. The van der Waals surface area contributed by atoms with Gasteiger partial charge in [-0.3, -0.25) is 4.79 Å². The molecule has 1 N–H and O–H groups in total. The second kappa shape index (κ2) is 6.44. The summed E-state index contributed by atoms with van der Waals surface area (Å²) in [6.07, 6.45) is 0.613. The predicted molar refractivity (Wildman–Crippen MR) is 76.2 cm³/mol. The van der Waals surface area contributed by atoms with Crippen molar-refractivity contribution < 1.29 is 14.6 Å². The third kappa shape index (κ3) is 3.31. The van der Waals surface area contributed by atoms with E-state index in [4.69, 9.17) is 9.84 Å². The van der Waals surface area contributed by atoms with Gasteiger partial charge in [0.05, 0.1) is 7.11 Å². The zero-order valence-electron chi connectivity index (χ0n) is 11.8. The van der Waals surface area contributed by atoms with Gasteiger partial charge in [0.25, 0.3) is 0 Å². The molecule has 1 aliphatic rings. The van der Waals surface area contributed by atoms with Crippen LogP contribution in [-0.4, -0.2) is 36.2 Å². The van der Waals surface area contributed by atoms with E-state index in [1.807, 2.05) is 23.1 Å². The monoisotopic (exact) mass is 273 g/mol. The molecule has 0 aromatic heterocycles. The van der Waals surface area contributed by atoms with Crippen LogP contribution in [0.15, 0.2) is 18.2 Å². The number of carbonyl (C=O) groups is 1. The van der Waals surface area contributed by atoms with E-state index in [0.717, 1.165) is 23.4 Å². The normalized spacial score (nSPS) is 17.9. The summed E-state index contributed by atoms with van der Waals surface area (Å²) >= 11 is 0. The maximum atomic E-state index is 11.9. The van der Waals surface area contributed by atoms with Gasteiger partial charge >= 0.3 is 0 Å².